The fourth-order valence-corrected chi connectivity index (χ4v) is 7.73. The predicted octanol–water partition coefficient (Wildman–Crippen LogP) is 8.85. The summed E-state index contributed by atoms with van der Waals surface area (Å²) in [7, 11) is 1.08. The van der Waals surface area contributed by atoms with Crippen LogP contribution in [0, 0.1) is 6.92 Å². The average molecular weight is 885 g/mol. The summed E-state index contributed by atoms with van der Waals surface area (Å²) in [5, 5.41) is 43.0. The number of methoxy groups -OCH3 is 1. The van der Waals surface area contributed by atoms with E-state index in [4.69, 9.17) is 23.7 Å². The number of phenols is 1. The Morgan fingerprint density at radius 1 is 0.641 bits per heavy atom. The summed E-state index contributed by atoms with van der Waals surface area (Å²) in [6.07, 6.45) is 6.52. The molecule has 64 heavy (non-hydrogen) atoms. The first kappa shape index (κ1) is 49.5. The number of unbranched alkanes of at least 4 members (excludes halogenated alkanes) is 12. The Labute approximate surface area is 376 Å². The van der Waals surface area contributed by atoms with Gasteiger partial charge in [-0.3, -0.25) is 0 Å². The summed E-state index contributed by atoms with van der Waals surface area (Å²) in [4.78, 5) is 40.0. The van der Waals surface area contributed by atoms with Gasteiger partial charge in [-0.05, 0) is 54.2 Å². The van der Waals surface area contributed by atoms with Crippen molar-refractivity contribution in [3.63, 3.8) is 0 Å². The molecule has 13 heteroatoms. The summed E-state index contributed by atoms with van der Waals surface area (Å²) in [6, 6.07) is 24.2. The number of hydrogen-bond acceptors (Lipinski definition) is 13. The molecule has 5 atom stereocenters. The van der Waals surface area contributed by atoms with Crippen molar-refractivity contribution in [1.82, 2.24) is 0 Å². The minimum Gasteiger partial charge on any atom is -0.507 e. The number of ether oxygens (including phenoxy) is 6. The number of aromatic hydroxyl groups is 1. The molecule has 0 aliphatic carbocycles. The van der Waals surface area contributed by atoms with E-state index >= 15 is 0 Å². The molecule has 0 spiro atoms. The molecule has 5 rings (SSSR count). The van der Waals surface area contributed by atoms with Crippen molar-refractivity contribution < 1.29 is 63.2 Å². The van der Waals surface area contributed by atoms with Gasteiger partial charge in [-0.1, -0.05) is 145 Å². The summed E-state index contributed by atoms with van der Waals surface area (Å²) in [5.74, 6) is -2.85. The van der Waals surface area contributed by atoms with E-state index in [0.29, 0.717) is 24.0 Å². The Morgan fingerprint density at radius 2 is 1.22 bits per heavy atom. The lowest BCUT2D eigenvalue weighted by atomic mass is 9.98. The minimum atomic E-state index is -1.82. The Kier molecular flexibility index (Phi) is 19.9. The maximum Gasteiger partial charge on any atom is 0.347 e. The number of carbonyl (C=O) groups is 3. The predicted molar refractivity (Wildman–Crippen MR) is 239 cm³/mol. The molecule has 0 aromatic heterocycles. The van der Waals surface area contributed by atoms with Gasteiger partial charge in [0, 0.05) is 12.1 Å². The molecule has 4 N–H and O–H groups in total. The number of aryl methyl sites for hydroxylation is 2. The van der Waals surface area contributed by atoms with Crippen molar-refractivity contribution in [3.8, 4) is 23.0 Å². The number of carbonyl (C=O) groups excluding carboxylic acids is 3. The second kappa shape index (κ2) is 25.7. The van der Waals surface area contributed by atoms with Gasteiger partial charge in [0.05, 0.1) is 7.11 Å². The van der Waals surface area contributed by atoms with E-state index in [-0.39, 0.29) is 41.6 Å². The van der Waals surface area contributed by atoms with Crippen molar-refractivity contribution in [2.24, 2.45) is 0 Å². The third-order valence-corrected chi connectivity index (χ3v) is 11.3. The van der Waals surface area contributed by atoms with Crippen molar-refractivity contribution in [2.75, 3.05) is 7.11 Å². The van der Waals surface area contributed by atoms with E-state index in [2.05, 4.69) is 11.7 Å². The molecule has 1 aliphatic heterocycles. The molecule has 1 fully saturated rings. The maximum atomic E-state index is 14.1. The average Bonchev–Trinajstić information content (AvgIpc) is 3.29. The number of phenolic OH excluding ortho intramolecular Hbond substituents is 1. The fraction of sp³-hybridized carbons (Fsp3) is 0.471. The lowest BCUT2D eigenvalue weighted by Crippen LogP contribution is -2.61. The van der Waals surface area contributed by atoms with Crippen LogP contribution in [0.4, 0.5) is 0 Å². The largest absolute Gasteiger partial charge is 0.507 e. The van der Waals surface area contributed by atoms with Gasteiger partial charge in [0.15, 0.2) is 6.10 Å². The molecule has 0 saturated carbocycles. The second-order valence-corrected chi connectivity index (χ2v) is 16.3. The topological polar surface area (TPSA) is 188 Å². The molecule has 1 aliphatic rings. The van der Waals surface area contributed by atoms with Crippen LogP contribution in [0.15, 0.2) is 84.9 Å². The molecule has 4 aromatic carbocycles. The third-order valence-electron chi connectivity index (χ3n) is 11.3. The van der Waals surface area contributed by atoms with E-state index in [9.17, 15) is 34.8 Å². The van der Waals surface area contributed by atoms with Gasteiger partial charge in [0.2, 0.25) is 6.29 Å². The second-order valence-electron chi connectivity index (χ2n) is 16.3. The molecule has 1 heterocycles. The highest BCUT2D eigenvalue weighted by atomic mass is 16.7. The van der Waals surface area contributed by atoms with Crippen LogP contribution in [0.5, 0.6) is 23.0 Å². The van der Waals surface area contributed by atoms with Gasteiger partial charge < -0.3 is 48.8 Å². The Bertz CT molecular complexity index is 2070. The van der Waals surface area contributed by atoms with Crippen LogP contribution >= 0.6 is 0 Å². The van der Waals surface area contributed by atoms with Crippen molar-refractivity contribution in [1.29, 1.82) is 0 Å². The van der Waals surface area contributed by atoms with Crippen LogP contribution < -0.4 is 14.2 Å². The normalized spacial score (nSPS) is 18.2. The SMILES string of the molecule is CCCCCCCCCCCCCCCc1cc(O[C@@H]2O[C@H](C(=O)OC)[C@@H](O)[C@H](O)[C@H]2O)cc(O)c1C(=O)Oc1cc(C)c(C(=O)OCc2ccccc2)c(OCc2ccccc2)c1. The first-order valence-corrected chi connectivity index (χ1v) is 22.5. The van der Waals surface area contributed by atoms with Crippen molar-refractivity contribution in [2.45, 2.75) is 148 Å². The molecule has 0 bridgehead atoms. The van der Waals surface area contributed by atoms with E-state index in [0.717, 1.165) is 50.0 Å². The quantitative estimate of drug-likeness (QED) is 0.0281. The van der Waals surface area contributed by atoms with Gasteiger partial charge in [0.25, 0.3) is 0 Å². The zero-order valence-electron chi connectivity index (χ0n) is 37.2. The number of hydrogen-bond donors (Lipinski definition) is 4. The molecule has 346 valence electrons. The molecule has 0 radical (unpaired) electrons. The standard InChI is InChI=1S/C51H64O13/c1-4-5-6-7-8-9-10-11-12-13-14-15-22-27-37-29-39(63-51-46(55)44(53)45(54)47(64-51)50(58)59-3)30-40(52)43(37)49(57)62-38-28-34(2)42(48(56)61-33-36-25-20-17-21-26-36)41(31-38)60-32-35-23-18-16-19-24-35/h16-21,23-26,28-31,44-47,51-55H,4-15,22,27,32-33H2,1-3H3/t44-,45-,46+,47-,51+/m0/s1. The van der Waals surface area contributed by atoms with E-state index < -0.39 is 54.4 Å². The molecule has 1 saturated heterocycles. The van der Waals surface area contributed by atoms with Gasteiger partial charge >= 0.3 is 17.9 Å². The summed E-state index contributed by atoms with van der Waals surface area (Å²) >= 11 is 0. The highest BCUT2D eigenvalue weighted by Gasteiger charge is 2.48. The molecular formula is C51H64O13. The summed E-state index contributed by atoms with van der Waals surface area (Å²) in [5.41, 5.74) is 2.48. The number of aliphatic hydroxyl groups is 3. The van der Waals surface area contributed by atoms with Crippen LogP contribution in [0.2, 0.25) is 0 Å². The zero-order chi connectivity index (χ0) is 45.8. The van der Waals surface area contributed by atoms with Gasteiger partial charge in [0.1, 0.15) is 65.7 Å². The molecule has 0 amide bonds. The van der Waals surface area contributed by atoms with E-state index in [1.807, 2.05) is 60.7 Å². The van der Waals surface area contributed by atoms with Gasteiger partial charge in [-0.25, -0.2) is 14.4 Å². The molecular weight excluding hydrogens is 821 g/mol. The first-order valence-electron chi connectivity index (χ1n) is 22.5. The van der Waals surface area contributed by atoms with E-state index in [1.165, 1.54) is 69.6 Å². The van der Waals surface area contributed by atoms with Gasteiger partial charge in [-0.2, -0.15) is 0 Å². The minimum absolute atomic E-state index is 0.0369. The number of rotatable bonds is 25. The van der Waals surface area contributed by atoms with Crippen LogP contribution in [0.3, 0.4) is 0 Å². The Morgan fingerprint density at radius 3 is 1.81 bits per heavy atom. The Balaban J connectivity index is 1.34. The lowest BCUT2D eigenvalue weighted by Gasteiger charge is -2.38. The Hall–Kier alpha value is -5.47. The first-order chi connectivity index (χ1) is 31.0. The lowest BCUT2D eigenvalue weighted by molar-refractivity contribution is -0.271. The highest BCUT2D eigenvalue weighted by Crippen LogP contribution is 2.35. The number of aliphatic hydroxyl groups excluding tert-OH is 3. The van der Waals surface area contributed by atoms with Crippen LogP contribution in [-0.2, 0) is 38.6 Å². The molecule has 0 unspecified atom stereocenters. The van der Waals surface area contributed by atoms with Crippen molar-refractivity contribution >= 4 is 17.9 Å². The number of esters is 3. The van der Waals surface area contributed by atoms with Crippen LogP contribution in [0.25, 0.3) is 0 Å². The third kappa shape index (κ3) is 14.5. The highest BCUT2D eigenvalue weighted by molar-refractivity contribution is 5.97. The maximum absolute atomic E-state index is 14.1. The van der Waals surface area contributed by atoms with E-state index in [1.54, 1.807) is 6.92 Å². The smallest absolute Gasteiger partial charge is 0.347 e. The molecule has 13 nitrogen and oxygen atoms in total. The monoisotopic (exact) mass is 884 g/mol. The van der Waals surface area contributed by atoms with Crippen LogP contribution in [0.1, 0.15) is 133 Å². The summed E-state index contributed by atoms with van der Waals surface area (Å²) in [6.45, 7) is 4.05. The zero-order valence-corrected chi connectivity index (χ0v) is 37.2. The molecule has 4 aromatic rings. The van der Waals surface area contributed by atoms with Gasteiger partial charge in [-0.15, -0.1) is 0 Å². The number of benzene rings is 4. The summed E-state index contributed by atoms with van der Waals surface area (Å²) < 4.78 is 33.8. The fourth-order valence-electron chi connectivity index (χ4n) is 7.73. The van der Waals surface area contributed by atoms with Crippen molar-refractivity contribution in [3.05, 3.63) is 118 Å². The van der Waals surface area contributed by atoms with Crippen LogP contribution in [-0.4, -0.2) is 76.1 Å².